The monoisotopic (exact) mass is 321 g/mol. The van der Waals surface area contributed by atoms with Gasteiger partial charge in [0.1, 0.15) is 5.82 Å². The summed E-state index contributed by atoms with van der Waals surface area (Å²) in [5.41, 5.74) is 0.303. The number of aliphatic hydroxyl groups is 1. The zero-order chi connectivity index (χ0) is 15.3. The molecule has 0 saturated carbocycles. The second kappa shape index (κ2) is 7.40. The van der Waals surface area contributed by atoms with Crippen molar-refractivity contribution >= 4 is 21.8 Å². The van der Waals surface area contributed by atoms with Gasteiger partial charge in [0.05, 0.1) is 11.5 Å². The molecular weight excluding hydrogens is 301 g/mol. The summed E-state index contributed by atoms with van der Waals surface area (Å²) < 4.78 is 40.8. The second-order valence-electron chi connectivity index (χ2n) is 4.66. The lowest BCUT2D eigenvalue weighted by molar-refractivity contribution is 0.281. The molecule has 0 bridgehead atoms. The van der Waals surface area contributed by atoms with Gasteiger partial charge < -0.3 is 5.11 Å². The second-order valence-corrected chi connectivity index (χ2v) is 7.33. The Bertz CT molecular complexity index is 561. The van der Waals surface area contributed by atoms with Crippen LogP contribution in [0.25, 0.3) is 0 Å². The van der Waals surface area contributed by atoms with E-state index in [0.29, 0.717) is 6.42 Å². The van der Waals surface area contributed by atoms with Gasteiger partial charge in [-0.1, -0.05) is 0 Å². The molecule has 0 heterocycles. The van der Waals surface area contributed by atoms with Crippen LogP contribution in [-0.4, -0.2) is 31.6 Å². The number of nitrogens with one attached hydrogen (secondary N) is 1. The van der Waals surface area contributed by atoms with Crippen LogP contribution in [0, 0.1) is 12.7 Å². The molecule has 0 fully saturated rings. The fourth-order valence-corrected chi connectivity index (χ4v) is 3.93. The topological polar surface area (TPSA) is 66.4 Å². The van der Waals surface area contributed by atoms with E-state index < -0.39 is 22.4 Å². The van der Waals surface area contributed by atoms with E-state index in [-0.39, 0.29) is 22.1 Å². The van der Waals surface area contributed by atoms with Gasteiger partial charge in [0, 0.05) is 11.6 Å². The Morgan fingerprint density at radius 3 is 2.65 bits per heavy atom. The van der Waals surface area contributed by atoms with Gasteiger partial charge in [0.2, 0.25) is 10.0 Å². The fourth-order valence-electron chi connectivity index (χ4n) is 1.76. The Labute approximate surface area is 123 Å². The SMILES string of the molecule is CSCCC(C)NS(=O)(=O)c1cc(CO)cc(F)c1C. The number of aliphatic hydroxyl groups excluding tert-OH is 1. The minimum Gasteiger partial charge on any atom is -0.392 e. The summed E-state index contributed by atoms with van der Waals surface area (Å²) >= 11 is 1.64. The van der Waals surface area contributed by atoms with Gasteiger partial charge in [-0.15, -0.1) is 0 Å². The van der Waals surface area contributed by atoms with Gasteiger partial charge >= 0.3 is 0 Å². The number of hydrogen-bond donors (Lipinski definition) is 2. The first-order chi connectivity index (χ1) is 9.31. The van der Waals surface area contributed by atoms with Crippen LogP contribution in [0.5, 0.6) is 0 Å². The highest BCUT2D eigenvalue weighted by atomic mass is 32.2. The van der Waals surface area contributed by atoms with Crippen LogP contribution in [0.1, 0.15) is 24.5 Å². The third-order valence-corrected chi connectivity index (χ3v) is 5.30. The predicted molar refractivity (Wildman–Crippen MR) is 79.8 cm³/mol. The standard InChI is InChI=1S/C13H20FNO3S2/c1-9(4-5-19-3)15-20(17,18)13-7-11(8-16)6-12(14)10(13)2/h6-7,9,15-16H,4-5,8H2,1-3H3. The summed E-state index contributed by atoms with van der Waals surface area (Å²) in [6.07, 6.45) is 2.65. The zero-order valence-corrected chi connectivity index (χ0v) is 13.4. The van der Waals surface area contributed by atoms with Crippen molar-refractivity contribution in [3.8, 4) is 0 Å². The van der Waals surface area contributed by atoms with Gasteiger partial charge in [-0.25, -0.2) is 17.5 Å². The lowest BCUT2D eigenvalue weighted by Crippen LogP contribution is -2.33. The van der Waals surface area contributed by atoms with E-state index in [9.17, 15) is 12.8 Å². The van der Waals surface area contributed by atoms with Crippen LogP contribution >= 0.6 is 11.8 Å². The van der Waals surface area contributed by atoms with Crippen LogP contribution < -0.4 is 4.72 Å². The minimum atomic E-state index is -3.79. The van der Waals surface area contributed by atoms with Crippen molar-refractivity contribution in [1.29, 1.82) is 0 Å². The Kier molecular flexibility index (Phi) is 6.44. The fraction of sp³-hybridized carbons (Fsp3) is 0.538. The molecule has 1 rings (SSSR count). The smallest absolute Gasteiger partial charge is 0.241 e. The number of hydrogen-bond acceptors (Lipinski definition) is 4. The molecule has 0 spiro atoms. The molecular formula is C13H20FNO3S2. The first-order valence-corrected chi connectivity index (χ1v) is 9.10. The molecule has 0 aromatic heterocycles. The van der Waals surface area contributed by atoms with Crippen molar-refractivity contribution in [3.63, 3.8) is 0 Å². The molecule has 0 saturated heterocycles. The molecule has 1 aromatic rings. The van der Waals surface area contributed by atoms with Crippen molar-refractivity contribution in [1.82, 2.24) is 4.72 Å². The van der Waals surface area contributed by atoms with Crippen LogP contribution in [0.2, 0.25) is 0 Å². The normalized spacial score (nSPS) is 13.4. The molecule has 1 unspecified atom stereocenters. The van der Waals surface area contributed by atoms with Gasteiger partial charge in [-0.3, -0.25) is 0 Å². The highest BCUT2D eigenvalue weighted by Gasteiger charge is 2.22. The molecule has 0 aliphatic carbocycles. The number of halogens is 1. The molecule has 0 aliphatic rings. The van der Waals surface area contributed by atoms with Crippen molar-refractivity contribution in [2.75, 3.05) is 12.0 Å². The Morgan fingerprint density at radius 2 is 2.10 bits per heavy atom. The van der Waals surface area contributed by atoms with Gasteiger partial charge in [-0.05, 0) is 50.0 Å². The average molecular weight is 321 g/mol. The average Bonchev–Trinajstić information content (AvgIpc) is 2.38. The lowest BCUT2D eigenvalue weighted by atomic mass is 10.1. The van der Waals surface area contributed by atoms with Crippen molar-refractivity contribution in [2.24, 2.45) is 0 Å². The molecule has 1 aromatic carbocycles. The van der Waals surface area contributed by atoms with E-state index in [1.165, 1.54) is 13.0 Å². The molecule has 7 heteroatoms. The first kappa shape index (κ1) is 17.4. The first-order valence-electron chi connectivity index (χ1n) is 6.23. The summed E-state index contributed by atoms with van der Waals surface area (Å²) in [7, 11) is -3.79. The van der Waals surface area contributed by atoms with Crippen LogP contribution in [0.4, 0.5) is 4.39 Å². The van der Waals surface area contributed by atoms with Gasteiger partial charge in [0.25, 0.3) is 0 Å². The van der Waals surface area contributed by atoms with Crippen LogP contribution in [-0.2, 0) is 16.6 Å². The van der Waals surface area contributed by atoms with Crippen LogP contribution in [0.3, 0.4) is 0 Å². The van der Waals surface area contributed by atoms with Crippen molar-refractivity contribution in [3.05, 3.63) is 29.1 Å². The Balaban J connectivity index is 3.06. The van der Waals surface area contributed by atoms with E-state index in [4.69, 9.17) is 5.11 Å². The molecule has 1 atom stereocenters. The van der Waals surface area contributed by atoms with E-state index >= 15 is 0 Å². The summed E-state index contributed by atoms with van der Waals surface area (Å²) in [5, 5.41) is 9.06. The van der Waals surface area contributed by atoms with Crippen molar-refractivity contribution in [2.45, 2.75) is 37.8 Å². The third kappa shape index (κ3) is 4.44. The van der Waals surface area contributed by atoms with E-state index in [2.05, 4.69) is 4.72 Å². The molecule has 20 heavy (non-hydrogen) atoms. The quantitative estimate of drug-likeness (QED) is 0.806. The van der Waals surface area contributed by atoms with E-state index in [1.54, 1.807) is 18.7 Å². The molecule has 0 aliphatic heterocycles. The summed E-state index contributed by atoms with van der Waals surface area (Å²) in [5.74, 6) is 0.210. The highest BCUT2D eigenvalue weighted by Crippen LogP contribution is 2.21. The lowest BCUT2D eigenvalue weighted by Gasteiger charge is -2.16. The number of sulfonamides is 1. The maximum Gasteiger partial charge on any atom is 0.241 e. The third-order valence-electron chi connectivity index (χ3n) is 2.94. The van der Waals surface area contributed by atoms with Crippen LogP contribution in [0.15, 0.2) is 17.0 Å². The summed E-state index contributed by atoms with van der Waals surface area (Å²) in [6.45, 7) is 2.79. The number of rotatable bonds is 7. The molecule has 2 N–H and O–H groups in total. The summed E-state index contributed by atoms with van der Waals surface area (Å²) in [6, 6.07) is 2.22. The maximum absolute atomic E-state index is 13.7. The molecule has 4 nitrogen and oxygen atoms in total. The van der Waals surface area contributed by atoms with Gasteiger partial charge in [0.15, 0.2) is 0 Å². The largest absolute Gasteiger partial charge is 0.392 e. The predicted octanol–water partition coefficient (Wildman–Crippen LogP) is 2.05. The maximum atomic E-state index is 13.7. The number of benzene rings is 1. The number of thioether (sulfide) groups is 1. The molecule has 114 valence electrons. The van der Waals surface area contributed by atoms with Crippen molar-refractivity contribution < 1.29 is 17.9 Å². The molecule has 0 radical (unpaired) electrons. The minimum absolute atomic E-state index is 0.0618. The highest BCUT2D eigenvalue weighted by molar-refractivity contribution is 7.98. The molecule has 0 amide bonds. The Morgan fingerprint density at radius 1 is 1.45 bits per heavy atom. The van der Waals surface area contributed by atoms with Gasteiger partial charge in [-0.2, -0.15) is 11.8 Å². The Hall–Kier alpha value is -0.630. The zero-order valence-electron chi connectivity index (χ0n) is 11.8. The van der Waals surface area contributed by atoms with E-state index in [1.807, 2.05) is 6.26 Å². The summed E-state index contributed by atoms with van der Waals surface area (Å²) in [4.78, 5) is -0.113. The van der Waals surface area contributed by atoms with E-state index in [0.717, 1.165) is 11.8 Å².